The number of benzene rings is 2. The van der Waals surface area contributed by atoms with Crippen LogP contribution in [0.5, 0.6) is 0 Å². The van der Waals surface area contributed by atoms with E-state index in [1.165, 1.54) is 47.4 Å². The number of nitrogens with one attached hydrogen (secondary N) is 1. The van der Waals surface area contributed by atoms with E-state index in [-0.39, 0.29) is 0 Å². The fourth-order valence-corrected chi connectivity index (χ4v) is 4.16. The van der Waals surface area contributed by atoms with Gasteiger partial charge in [0.05, 0.1) is 0 Å². The van der Waals surface area contributed by atoms with E-state index in [0.29, 0.717) is 0 Å². The van der Waals surface area contributed by atoms with Crippen molar-refractivity contribution in [1.29, 1.82) is 0 Å². The molecule has 0 unspecified atom stereocenters. The van der Waals surface area contributed by atoms with Crippen LogP contribution in [0.4, 0.5) is 5.69 Å². The highest BCUT2D eigenvalue weighted by molar-refractivity contribution is 8.00. The second-order valence-electron chi connectivity index (χ2n) is 5.86. The van der Waals surface area contributed by atoms with Crippen molar-refractivity contribution in [2.75, 3.05) is 5.32 Å². The molecule has 2 aromatic carbocycles. The van der Waals surface area contributed by atoms with Gasteiger partial charge in [0.15, 0.2) is 0 Å². The van der Waals surface area contributed by atoms with Gasteiger partial charge in [0, 0.05) is 22.4 Å². The van der Waals surface area contributed by atoms with Gasteiger partial charge in [0.2, 0.25) is 0 Å². The highest BCUT2D eigenvalue weighted by atomic mass is 32.2. The molecule has 0 atom stereocenters. The van der Waals surface area contributed by atoms with Crippen LogP contribution in [-0.2, 0) is 6.54 Å². The lowest BCUT2D eigenvalue weighted by Gasteiger charge is -2.15. The summed E-state index contributed by atoms with van der Waals surface area (Å²) in [6.07, 6.45) is 5.54. The van der Waals surface area contributed by atoms with E-state index in [2.05, 4.69) is 72.5 Å². The van der Waals surface area contributed by atoms with Crippen molar-refractivity contribution in [3.05, 3.63) is 59.7 Å². The molecule has 3 rings (SSSR count). The number of hydrogen-bond donors (Lipinski definition) is 1. The Morgan fingerprint density at radius 1 is 1.00 bits per heavy atom. The van der Waals surface area contributed by atoms with E-state index in [1.54, 1.807) is 0 Å². The van der Waals surface area contributed by atoms with Crippen LogP contribution in [0.15, 0.2) is 53.4 Å². The number of thioether (sulfide) groups is 1. The summed E-state index contributed by atoms with van der Waals surface area (Å²) in [7, 11) is 0. The molecular weight excluding hydrogens is 274 g/mol. The molecule has 1 saturated carbocycles. The summed E-state index contributed by atoms with van der Waals surface area (Å²) in [6, 6.07) is 17.5. The first-order valence-corrected chi connectivity index (χ1v) is 8.74. The van der Waals surface area contributed by atoms with Crippen molar-refractivity contribution in [1.82, 2.24) is 0 Å². The summed E-state index contributed by atoms with van der Waals surface area (Å²) >= 11 is 2.05. The van der Waals surface area contributed by atoms with Crippen molar-refractivity contribution in [2.45, 2.75) is 49.3 Å². The standard InChI is InChI=1S/C19H23NS/c1-15-10-12-16(13-11-15)14-20-18-8-4-5-9-19(18)21-17-6-2-3-7-17/h4-5,8-13,17,20H,2-3,6-7,14H2,1H3. The minimum absolute atomic E-state index is 0.812. The second kappa shape index (κ2) is 7.04. The van der Waals surface area contributed by atoms with Gasteiger partial charge in [-0.2, -0.15) is 0 Å². The Balaban J connectivity index is 1.65. The molecule has 1 fully saturated rings. The Hall–Kier alpha value is -1.41. The number of anilines is 1. The molecule has 1 aliphatic rings. The molecule has 2 aromatic rings. The molecule has 21 heavy (non-hydrogen) atoms. The molecule has 1 aliphatic carbocycles. The molecule has 0 bridgehead atoms. The van der Waals surface area contributed by atoms with Gasteiger partial charge >= 0.3 is 0 Å². The number of para-hydroxylation sites is 1. The van der Waals surface area contributed by atoms with Crippen molar-refractivity contribution in [3.8, 4) is 0 Å². The summed E-state index contributed by atoms with van der Waals surface area (Å²) in [4.78, 5) is 1.40. The average molecular weight is 297 g/mol. The maximum atomic E-state index is 3.60. The summed E-state index contributed by atoms with van der Waals surface area (Å²) in [5, 5.41) is 4.41. The van der Waals surface area contributed by atoms with Gasteiger partial charge in [-0.25, -0.2) is 0 Å². The van der Waals surface area contributed by atoms with Gasteiger partial charge in [0.25, 0.3) is 0 Å². The summed E-state index contributed by atoms with van der Waals surface area (Å²) in [5.74, 6) is 0. The molecule has 1 nitrogen and oxygen atoms in total. The SMILES string of the molecule is Cc1ccc(CNc2ccccc2SC2CCCC2)cc1. The maximum absolute atomic E-state index is 3.60. The molecule has 1 N–H and O–H groups in total. The molecule has 110 valence electrons. The van der Waals surface area contributed by atoms with E-state index in [1.807, 2.05) is 0 Å². The lowest BCUT2D eigenvalue weighted by Crippen LogP contribution is -2.02. The van der Waals surface area contributed by atoms with Crippen LogP contribution in [0.25, 0.3) is 0 Å². The molecule has 0 radical (unpaired) electrons. The van der Waals surface area contributed by atoms with Crippen LogP contribution in [0.2, 0.25) is 0 Å². The second-order valence-corrected chi connectivity index (χ2v) is 7.20. The third-order valence-electron chi connectivity index (χ3n) is 4.09. The molecule has 2 heteroatoms. The van der Waals surface area contributed by atoms with Gasteiger partial charge in [0.1, 0.15) is 0 Å². The third-order valence-corrected chi connectivity index (χ3v) is 5.50. The topological polar surface area (TPSA) is 12.0 Å². The Morgan fingerprint density at radius 2 is 1.71 bits per heavy atom. The van der Waals surface area contributed by atoms with Gasteiger partial charge in [-0.05, 0) is 37.5 Å². The summed E-state index contributed by atoms with van der Waals surface area (Å²) in [5.41, 5.74) is 3.92. The Morgan fingerprint density at radius 3 is 2.48 bits per heavy atom. The van der Waals surface area contributed by atoms with Gasteiger partial charge < -0.3 is 5.32 Å². The predicted octanol–water partition coefficient (Wildman–Crippen LogP) is 5.64. The summed E-state index contributed by atoms with van der Waals surface area (Å²) < 4.78 is 0. The molecule has 0 spiro atoms. The molecule has 0 aliphatic heterocycles. The minimum Gasteiger partial charge on any atom is -0.380 e. The highest BCUT2D eigenvalue weighted by Gasteiger charge is 2.17. The number of rotatable bonds is 5. The zero-order valence-electron chi connectivity index (χ0n) is 12.6. The Bertz CT molecular complexity index is 570. The third kappa shape index (κ3) is 4.04. The summed E-state index contributed by atoms with van der Waals surface area (Å²) in [6.45, 7) is 3.02. The molecular formula is C19H23NS. The van der Waals surface area contributed by atoms with Crippen molar-refractivity contribution >= 4 is 17.4 Å². The van der Waals surface area contributed by atoms with Crippen molar-refractivity contribution in [3.63, 3.8) is 0 Å². The van der Waals surface area contributed by atoms with E-state index < -0.39 is 0 Å². The van der Waals surface area contributed by atoms with Crippen LogP contribution in [0, 0.1) is 6.92 Å². The van der Waals surface area contributed by atoms with Crippen LogP contribution in [0.3, 0.4) is 0 Å². The molecule has 0 aromatic heterocycles. The fourth-order valence-electron chi connectivity index (χ4n) is 2.80. The number of hydrogen-bond acceptors (Lipinski definition) is 2. The molecule has 0 saturated heterocycles. The average Bonchev–Trinajstić information content (AvgIpc) is 3.01. The van der Waals surface area contributed by atoms with Gasteiger partial charge in [-0.15, -0.1) is 11.8 Å². The van der Waals surface area contributed by atoms with E-state index in [0.717, 1.165) is 11.8 Å². The van der Waals surface area contributed by atoms with Gasteiger partial charge in [-0.3, -0.25) is 0 Å². The highest BCUT2D eigenvalue weighted by Crippen LogP contribution is 2.38. The van der Waals surface area contributed by atoms with Crippen LogP contribution in [0.1, 0.15) is 36.8 Å². The zero-order chi connectivity index (χ0) is 14.5. The van der Waals surface area contributed by atoms with Crippen molar-refractivity contribution < 1.29 is 0 Å². The lowest BCUT2D eigenvalue weighted by molar-refractivity contribution is 0.886. The number of aryl methyl sites for hydroxylation is 1. The minimum atomic E-state index is 0.812. The van der Waals surface area contributed by atoms with Gasteiger partial charge in [-0.1, -0.05) is 54.8 Å². The first kappa shape index (κ1) is 14.5. The Kier molecular flexibility index (Phi) is 4.87. The van der Waals surface area contributed by atoms with Crippen LogP contribution in [-0.4, -0.2) is 5.25 Å². The first-order valence-electron chi connectivity index (χ1n) is 7.86. The largest absolute Gasteiger partial charge is 0.380 e. The molecule has 0 amide bonds. The Labute approximate surface area is 132 Å². The molecule has 0 heterocycles. The monoisotopic (exact) mass is 297 g/mol. The lowest BCUT2D eigenvalue weighted by atomic mass is 10.1. The zero-order valence-corrected chi connectivity index (χ0v) is 13.5. The van der Waals surface area contributed by atoms with E-state index in [9.17, 15) is 0 Å². The van der Waals surface area contributed by atoms with E-state index in [4.69, 9.17) is 0 Å². The fraction of sp³-hybridized carbons (Fsp3) is 0.368. The normalized spacial score (nSPS) is 15.3. The van der Waals surface area contributed by atoms with Crippen LogP contribution < -0.4 is 5.32 Å². The smallest absolute Gasteiger partial charge is 0.0481 e. The predicted molar refractivity (Wildman–Crippen MR) is 93.1 cm³/mol. The van der Waals surface area contributed by atoms with Crippen LogP contribution >= 0.6 is 11.8 Å². The maximum Gasteiger partial charge on any atom is 0.0481 e. The van der Waals surface area contributed by atoms with Crippen molar-refractivity contribution in [2.24, 2.45) is 0 Å². The van der Waals surface area contributed by atoms with E-state index >= 15 is 0 Å². The first-order chi connectivity index (χ1) is 10.3. The quantitative estimate of drug-likeness (QED) is 0.766.